The van der Waals surface area contributed by atoms with Gasteiger partial charge in [0.15, 0.2) is 10.9 Å². The van der Waals surface area contributed by atoms with Gasteiger partial charge in [0, 0.05) is 24.9 Å². The normalized spacial score (nSPS) is 24.9. The maximum atomic E-state index is 11.3. The first-order chi connectivity index (χ1) is 8.75. The molecule has 98 valence electrons. The van der Waals surface area contributed by atoms with E-state index in [0.29, 0.717) is 11.7 Å². The summed E-state index contributed by atoms with van der Waals surface area (Å²) >= 11 is 1.63. The van der Waals surface area contributed by atoms with Gasteiger partial charge in [-0.2, -0.15) is 0 Å². The predicted octanol–water partition coefficient (Wildman–Crippen LogP) is 3.50. The molecular formula is C14H20N2OS. The lowest BCUT2D eigenvalue weighted by Crippen LogP contribution is -2.34. The number of ketones is 1. The Morgan fingerprint density at radius 2 is 2.11 bits per heavy atom. The van der Waals surface area contributed by atoms with Crippen molar-refractivity contribution in [1.29, 1.82) is 0 Å². The number of rotatable bonds is 3. The van der Waals surface area contributed by atoms with Crippen LogP contribution in [0.25, 0.3) is 0 Å². The van der Waals surface area contributed by atoms with Crippen molar-refractivity contribution >= 4 is 22.3 Å². The quantitative estimate of drug-likeness (QED) is 0.783. The lowest BCUT2D eigenvalue weighted by molar-refractivity contribution is 0.101. The second-order valence-corrected chi connectivity index (χ2v) is 6.36. The van der Waals surface area contributed by atoms with Crippen molar-refractivity contribution in [3.05, 3.63) is 11.1 Å². The van der Waals surface area contributed by atoms with E-state index in [4.69, 9.17) is 0 Å². The van der Waals surface area contributed by atoms with Crippen LogP contribution in [-0.4, -0.2) is 23.4 Å². The van der Waals surface area contributed by atoms with Gasteiger partial charge in [-0.15, -0.1) is 11.3 Å². The number of carbonyl (C=O) groups excluding carboxylic acids is 1. The van der Waals surface area contributed by atoms with E-state index in [2.05, 4.69) is 9.88 Å². The van der Waals surface area contributed by atoms with E-state index < -0.39 is 0 Å². The van der Waals surface area contributed by atoms with Crippen LogP contribution < -0.4 is 4.90 Å². The van der Waals surface area contributed by atoms with Crippen LogP contribution in [0, 0.1) is 5.92 Å². The van der Waals surface area contributed by atoms with Gasteiger partial charge in [-0.1, -0.05) is 12.8 Å². The van der Waals surface area contributed by atoms with Gasteiger partial charge in [0.05, 0.1) is 0 Å². The van der Waals surface area contributed by atoms with Gasteiger partial charge < -0.3 is 4.90 Å². The number of carbonyl (C=O) groups is 1. The molecule has 1 atom stereocenters. The summed E-state index contributed by atoms with van der Waals surface area (Å²) in [5, 5.41) is 2.97. The second-order valence-electron chi connectivity index (χ2n) is 5.52. The summed E-state index contributed by atoms with van der Waals surface area (Å²) in [5.41, 5.74) is 0.632. The Morgan fingerprint density at radius 1 is 1.33 bits per heavy atom. The van der Waals surface area contributed by atoms with Crippen LogP contribution in [0.3, 0.4) is 0 Å². The molecule has 1 saturated carbocycles. The van der Waals surface area contributed by atoms with Crippen LogP contribution in [0.5, 0.6) is 0 Å². The molecule has 0 N–H and O–H groups in total. The highest BCUT2D eigenvalue weighted by molar-refractivity contribution is 7.14. The maximum absolute atomic E-state index is 11.3. The zero-order chi connectivity index (χ0) is 12.5. The monoisotopic (exact) mass is 264 g/mol. The molecule has 4 heteroatoms. The molecule has 0 aromatic carbocycles. The summed E-state index contributed by atoms with van der Waals surface area (Å²) < 4.78 is 0. The molecule has 1 saturated heterocycles. The topological polar surface area (TPSA) is 33.2 Å². The van der Waals surface area contributed by atoms with Crippen molar-refractivity contribution < 1.29 is 4.79 Å². The van der Waals surface area contributed by atoms with Gasteiger partial charge in [-0.3, -0.25) is 4.79 Å². The summed E-state index contributed by atoms with van der Waals surface area (Å²) in [4.78, 5) is 18.3. The van der Waals surface area contributed by atoms with E-state index in [1.165, 1.54) is 38.5 Å². The van der Waals surface area contributed by atoms with E-state index in [-0.39, 0.29) is 5.78 Å². The van der Waals surface area contributed by atoms with Crippen LogP contribution in [-0.2, 0) is 0 Å². The first-order valence-electron chi connectivity index (χ1n) is 6.99. The van der Waals surface area contributed by atoms with Crippen molar-refractivity contribution in [3.63, 3.8) is 0 Å². The van der Waals surface area contributed by atoms with Crippen LogP contribution in [0.4, 0.5) is 5.13 Å². The molecule has 3 rings (SSSR count). The zero-order valence-electron chi connectivity index (χ0n) is 10.9. The first kappa shape index (κ1) is 12.2. The standard InChI is InChI=1S/C14H20N2OS/c1-10(17)12-9-18-14(15-12)16-8-4-7-13(16)11-5-2-3-6-11/h9,11,13H,2-8H2,1H3. The number of hydrogen-bond acceptors (Lipinski definition) is 4. The Bertz CT molecular complexity index is 437. The molecule has 1 aromatic heterocycles. The van der Waals surface area contributed by atoms with Crippen LogP contribution >= 0.6 is 11.3 Å². The minimum Gasteiger partial charge on any atom is -0.345 e. The van der Waals surface area contributed by atoms with Gasteiger partial charge in [-0.05, 0) is 31.6 Å². The van der Waals surface area contributed by atoms with E-state index in [0.717, 1.165) is 17.6 Å². The lowest BCUT2D eigenvalue weighted by atomic mass is 9.96. The average molecular weight is 264 g/mol. The fourth-order valence-electron chi connectivity index (χ4n) is 3.42. The molecule has 0 bridgehead atoms. The Kier molecular flexibility index (Phi) is 3.37. The molecule has 18 heavy (non-hydrogen) atoms. The van der Waals surface area contributed by atoms with Gasteiger partial charge in [0.2, 0.25) is 0 Å². The summed E-state index contributed by atoms with van der Waals surface area (Å²) in [7, 11) is 0. The van der Waals surface area contributed by atoms with Crippen molar-refractivity contribution in [2.24, 2.45) is 5.92 Å². The summed E-state index contributed by atoms with van der Waals surface area (Å²) in [5.74, 6) is 0.936. The van der Waals surface area contributed by atoms with Crippen molar-refractivity contribution in [3.8, 4) is 0 Å². The molecule has 0 radical (unpaired) electrons. The van der Waals surface area contributed by atoms with Crippen molar-refractivity contribution in [1.82, 2.24) is 4.98 Å². The Labute approximate surface area is 112 Å². The second kappa shape index (κ2) is 5.00. The smallest absolute Gasteiger partial charge is 0.186 e. The van der Waals surface area contributed by atoms with E-state index >= 15 is 0 Å². The summed E-state index contributed by atoms with van der Waals surface area (Å²) in [6, 6.07) is 0.679. The third kappa shape index (κ3) is 2.18. The summed E-state index contributed by atoms with van der Waals surface area (Å²) in [6.07, 6.45) is 8.13. The van der Waals surface area contributed by atoms with Crippen molar-refractivity contribution in [2.75, 3.05) is 11.4 Å². The molecule has 0 spiro atoms. The number of aromatic nitrogens is 1. The zero-order valence-corrected chi connectivity index (χ0v) is 11.7. The first-order valence-corrected chi connectivity index (χ1v) is 7.87. The molecule has 1 aliphatic carbocycles. The lowest BCUT2D eigenvalue weighted by Gasteiger charge is -2.28. The molecule has 2 aliphatic rings. The van der Waals surface area contributed by atoms with Gasteiger partial charge in [0.1, 0.15) is 5.69 Å². The molecule has 3 nitrogen and oxygen atoms in total. The highest BCUT2D eigenvalue weighted by atomic mass is 32.1. The number of nitrogens with zero attached hydrogens (tertiary/aromatic N) is 2. The molecular weight excluding hydrogens is 244 g/mol. The number of anilines is 1. The molecule has 1 unspecified atom stereocenters. The van der Waals surface area contributed by atoms with Gasteiger partial charge in [-0.25, -0.2) is 4.98 Å². The van der Waals surface area contributed by atoms with Gasteiger partial charge >= 0.3 is 0 Å². The SMILES string of the molecule is CC(=O)c1csc(N2CCCC2C2CCCC2)n1. The Morgan fingerprint density at radius 3 is 2.78 bits per heavy atom. The van der Waals surface area contributed by atoms with Crippen molar-refractivity contribution in [2.45, 2.75) is 51.5 Å². The summed E-state index contributed by atoms with van der Waals surface area (Å²) in [6.45, 7) is 2.71. The molecule has 2 fully saturated rings. The van der Waals surface area contributed by atoms with E-state index in [1.54, 1.807) is 18.3 Å². The maximum Gasteiger partial charge on any atom is 0.186 e. The third-order valence-corrected chi connectivity index (χ3v) is 5.22. The molecule has 2 heterocycles. The van der Waals surface area contributed by atoms with E-state index in [9.17, 15) is 4.79 Å². The number of thiazole rings is 1. The number of hydrogen-bond donors (Lipinski definition) is 0. The fraction of sp³-hybridized carbons (Fsp3) is 0.714. The Balaban J connectivity index is 1.78. The highest BCUT2D eigenvalue weighted by Gasteiger charge is 2.34. The average Bonchev–Trinajstić information content (AvgIpc) is 3.10. The Hall–Kier alpha value is -0.900. The highest BCUT2D eigenvalue weighted by Crippen LogP contribution is 2.38. The minimum atomic E-state index is 0.0779. The predicted molar refractivity (Wildman–Crippen MR) is 74.4 cm³/mol. The fourth-order valence-corrected chi connectivity index (χ4v) is 4.37. The molecule has 1 aliphatic heterocycles. The molecule has 1 aromatic rings. The number of Topliss-reactive ketones (excluding diaryl/α,β-unsaturated/α-hetero) is 1. The van der Waals surface area contributed by atoms with Gasteiger partial charge in [0.25, 0.3) is 0 Å². The van der Waals surface area contributed by atoms with Crippen LogP contribution in [0.1, 0.15) is 55.9 Å². The minimum absolute atomic E-state index is 0.0779. The largest absolute Gasteiger partial charge is 0.345 e. The molecule has 0 amide bonds. The third-order valence-electron chi connectivity index (χ3n) is 4.34. The van der Waals surface area contributed by atoms with Crippen LogP contribution in [0.15, 0.2) is 5.38 Å². The van der Waals surface area contributed by atoms with Crippen LogP contribution in [0.2, 0.25) is 0 Å². The van der Waals surface area contributed by atoms with E-state index in [1.807, 2.05) is 5.38 Å².